The van der Waals surface area contributed by atoms with Crippen LogP contribution in [0.2, 0.25) is 0 Å². The zero-order chi connectivity index (χ0) is 27.6. The lowest BCUT2D eigenvalue weighted by Gasteiger charge is -2.35. The highest BCUT2D eigenvalue weighted by molar-refractivity contribution is 5.92. The molecule has 8 heteroatoms. The highest BCUT2D eigenvalue weighted by atomic mass is 16.6. The minimum atomic E-state index is -0.959. The van der Waals surface area contributed by atoms with Gasteiger partial charge in [-0.3, -0.25) is 9.59 Å². The van der Waals surface area contributed by atoms with Crippen LogP contribution >= 0.6 is 0 Å². The minimum Gasteiger partial charge on any atom is -0.444 e. The smallest absolute Gasteiger partial charge is 0.408 e. The van der Waals surface area contributed by atoms with Crippen LogP contribution in [0.5, 0.6) is 0 Å². The van der Waals surface area contributed by atoms with Gasteiger partial charge in [-0.05, 0) is 71.4 Å². The first-order valence-electron chi connectivity index (χ1n) is 13.0. The van der Waals surface area contributed by atoms with E-state index in [9.17, 15) is 19.5 Å². The van der Waals surface area contributed by atoms with E-state index >= 15 is 0 Å². The molecule has 0 saturated heterocycles. The van der Waals surface area contributed by atoms with E-state index in [0.29, 0.717) is 12.0 Å². The molecule has 0 aliphatic heterocycles. The molecular weight excluding hydrogens is 458 g/mol. The van der Waals surface area contributed by atoms with E-state index in [0.717, 1.165) is 24.0 Å². The Kier molecular flexibility index (Phi) is 12.4. The van der Waals surface area contributed by atoms with Crippen molar-refractivity contribution in [3.05, 3.63) is 34.9 Å². The maximum Gasteiger partial charge on any atom is 0.408 e. The van der Waals surface area contributed by atoms with Crippen molar-refractivity contribution in [2.24, 2.45) is 5.92 Å². The predicted octanol–water partition coefficient (Wildman–Crippen LogP) is 4.41. The van der Waals surface area contributed by atoms with Gasteiger partial charge >= 0.3 is 6.09 Å². The van der Waals surface area contributed by atoms with Gasteiger partial charge in [0.15, 0.2) is 0 Å². The van der Waals surface area contributed by atoms with Gasteiger partial charge in [0.1, 0.15) is 17.7 Å². The fourth-order valence-electron chi connectivity index (χ4n) is 4.15. The van der Waals surface area contributed by atoms with Crippen LogP contribution in [0.15, 0.2) is 18.2 Å². The first-order valence-corrected chi connectivity index (χ1v) is 13.0. The third-order valence-electron chi connectivity index (χ3n) is 5.72. The van der Waals surface area contributed by atoms with E-state index in [2.05, 4.69) is 10.6 Å². The van der Waals surface area contributed by atoms with Crippen molar-refractivity contribution < 1.29 is 24.2 Å². The first-order chi connectivity index (χ1) is 16.7. The van der Waals surface area contributed by atoms with Gasteiger partial charge in [-0.2, -0.15) is 0 Å². The molecule has 0 aliphatic rings. The Morgan fingerprint density at radius 1 is 1.08 bits per heavy atom. The van der Waals surface area contributed by atoms with E-state index in [1.807, 2.05) is 59.7 Å². The quantitative estimate of drug-likeness (QED) is 0.390. The molecular formula is C28H47N3O5. The van der Waals surface area contributed by atoms with Gasteiger partial charge in [0.25, 0.3) is 0 Å². The summed E-state index contributed by atoms with van der Waals surface area (Å²) in [4.78, 5) is 41.6. The number of aliphatic hydroxyl groups is 1. The van der Waals surface area contributed by atoms with Gasteiger partial charge in [-0.25, -0.2) is 4.79 Å². The van der Waals surface area contributed by atoms with E-state index in [1.54, 1.807) is 20.8 Å². The van der Waals surface area contributed by atoms with Crippen molar-refractivity contribution in [3.63, 3.8) is 0 Å². The Balaban J connectivity index is 3.51. The van der Waals surface area contributed by atoms with Crippen molar-refractivity contribution in [2.45, 2.75) is 105 Å². The van der Waals surface area contributed by atoms with Crippen LogP contribution in [0.4, 0.5) is 4.79 Å². The summed E-state index contributed by atoms with van der Waals surface area (Å²) in [5.74, 6) is -0.665. The summed E-state index contributed by atoms with van der Waals surface area (Å²) in [6.07, 6.45) is 1.36. The third kappa shape index (κ3) is 10.2. The molecule has 0 bridgehead atoms. The van der Waals surface area contributed by atoms with Crippen molar-refractivity contribution in [2.75, 3.05) is 13.2 Å². The van der Waals surface area contributed by atoms with Gasteiger partial charge in [0.05, 0.1) is 6.61 Å². The molecule has 0 saturated carbocycles. The molecule has 3 unspecified atom stereocenters. The summed E-state index contributed by atoms with van der Waals surface area (Å²) in [6, 6.07) is 3.83. The number of alkyl carbamates (subject to hydrolysis) is 1. The Morgan fingerprint density at radius 2 is 1.72 bits per heavy atom. The van der Waals surface area contributed by atoms with Crippen molar-refractivity contribution in [3.8, 4) is 0 Å². The van der Waals surface area contributed by atoms with Crippen LogP contribution in [0.1, 0.15) is 90.5 Å². The van der Waals surface area contributed by atoms with E-state index in [-0.39, 0.29) is 31.0 Å². The fourth-order valence-corrected chi connectivity index (χ4v) is 4.15. The number of rotatable bonds is 12. The monoisotopic (exact) mass is 505 g/mol. The molecule has 3 amide bonds. The standard InChI is InChI=1S/C28H47N3O5/c1-10-11-21(6)29-25(33)24(22-17-19(4)12-13-20(22)5)31(14-15-32)26(34)23(16-18(2)3)30-27(35)36-28(7,8)9/h12-13,17-18,21,23-24,32H,10-11,14-16H2,1-9H3,(H,29,33)(H,30,35). The number of carbonyl (C=O) groups excluding carboxylic acids is 3. The Bertz CT molecular complexity index is 878. The molecule has 1 aromatic rings. The zero-order valence-corrected chi connectivity index (χ0v) is 23.6. The molecule has 3 N–H and O–H groups in total. The van der Waals surface area contributed by atoms with Crippen molar-refractivity contribution in [1.29, 1.82) is 0 Å². The molecule has 0 fully saturated rings. The molecule has 1 rings (SSSR count). The van der Waals surface area contributed by atoms with Crippen LogP contribution in [-0.2, 0) is 14.3 Å². The average Bonchev–Trinajstić information content (AvgIpc) is 2.73. The summed E-state index contributed by atoms with van der Waals surface area (Å²) in [7, 11) is 0. The molecule has 0 radical (unpaired) electrons. The lowest BCUT2D eigenvalue weighted by Crippen LogP contribution is -2.54. The fraction of sp³-hybridized carbons (Fsp3) is 0.679. The number of benzene rings is 1. The summed E-state index contributed by atoms with van der Waals surface area (Å²) in [5.41, 5.74) is 1.78. The summed E-state index contributed by atoms with van der Waals surface area (Å²) in [5, 5.41) is 15.7. The van der Waals surface area contributed by atoms with Crippen LogP contribution in [0, 0.1) is 19.8 Å². The molecule has 1 aromatic carbocycles. The summed E-state index contributed by atoms with van der Waals surface area (Å²) >= 11 is 0. The molecule has 36 heavy (non-hydrogen) atoms. The van der Waals surface area contributed by atoms with Gasteiger partial charge in [-0.1, -0.05) is 51.0 Å². The zero-order valence-electron chi connectivity index (χ0n) is 23.6. The second-order valence-corrected chi connectivity index (χ2v) is 11.0. The Morgan fingerprint density at radius 3 is 2.25 bits per heavy atom. The van der Waals surface area contributed by atoms with Gasteiger partial charge < -0.3 is 25.4 Å². The van der Waals surface area contributed by atoms with Crippen LogP contribution < -0.4 is 10.6 Å². The molecule has 8 nitrogen and oxygen atoms in total. The normalized spacial score (nSPS) is 14.1. The molecule has 0 spiro atoms. The maximum atomic E-state index is 14.0. The number of nitrogens with one attached hydrogen (secondary N) is 2. The number of nitrogens with zero attached hydrogens (tertiary/aromatic N) is 1. The first kappa shape index (κ1) is 31.4. The van der Waals surface area contributed by atoms with Gasteiger partial charge in [-0.15, -0.1) is 0 Å². The van der Waals surface area contributed by atoms with Crippen LogP contribution in [0.25, 0.3) is 0 Å². The van der Waals surface area contributed by atoms with E-state index in [1.165, 1.54) is 4.90 Å². The van der Waals surface area contributed by atoms with Crippen LogP contribution in [-0.4, -0.2) is 58.8 Å². The number of amides is 3. The number of carbonyl (C=O) groups is 3. The SMILES string of the molecule is CCCC(C)NC(=O)C(c1cc(C)ccc1C)N(CCO)C(=O)C(CC(C)C)NC(=O)OC(C)(C)C. The number of hydrogen-bond acceptors (Lipinski definition) is 5. The lowest BCUT2D eigenvalue weighted by molar-refractivity contribution is -0.143. The predicted molar refractivity (Wildman–Crippen MR) is 143 cm³/mol. The molecule has 0 aromatic heterocycles. The highest BCUT2D eigenvalue weighted by Gasteiger charge is 2.37. The van der Waals surface area contributed by atoms with E-state index in [4.69, 9.17) is 4.74 Å². The lowest BCUT2D eigenvalue weighted by atomic mass is 9.95. The maximum absolute atomic E-state index is 14.0. The van der Waals surface area contributed by atoms with Gasteiger partial charge in [0, 0.05) is 12.6 Å². The summed E-state index contributed by atoms with van der Waals surface area (Å²) < 4.78 is 5.40. The number of aryl methyl sites for hydroxylation is 2. The van der Waals surface area contributed by atoms with Crippen molar-refractivity contribution in [1.82, 2.24) is 15.5 Å². The average molecular weight is 506 g/mol. The van der Waals surface area contributed by atoms with Crippen molar-refractivity contribution >= 4 is 17.9 Å². The topological polar surface area (TPSA) is 108 Å². The highest BCUT2D eigenvalue weighted by Crippen LogP contribution is 2.27. The molecule has 204 valence electrons. The third-order valence-corrected chi connectivity index (χ3v) is 5.72. The number of hydrogen-bond donors (Lipinski definition) is 3. The second kappa shape index (κ2) is 14.2. The van der Waals surface area contributed by atoms with Gasteiger partial charge in [0.2, 0.25) is 11.8 Å². The Hall–Kier alpha value is -2.61. The molecule has 0 heterocycles. The van der Waals surface area contributed by atoms with E-state index < -0.39 is 29.7 Å². The largest absolute Gasteiger partial charge is 0.444 e. The summed E-state index contributed by atoms with van der Waals surface area (Å²) in [6.45, 7) is 16.6. The second-order valence-electron chi connectivity index (χ2n) is 11.0. The number of aliphatic hydroxyl groups excluding tert-OH is 1. The van der Waals surface area contributed by atoms with Crippen LogP contribution in [0.3, 0.4) is 0 Å². The molecule has 0 aliphatic carbocycles. The molecule has 3 atom stereocenters. The Labute approximate surface area is 217 Å². The minimum absolute atomic E-state index is 0.0585. The number of ether oxygens (including phenoxy) is 1.